The van der Waals surface area contributed by atoms with Crippen molar-refractivity contribution in [2.75, 3.05) is 0 Å². The van der Waals surface area contributed by atoms with E-state index in [4.69, 9.17) is 5.32 Å². The summed E-state index contributed by atoms with van der Waals surface area (Å²) in [5, 5.41) is 6.16. The molecule has 0 spiro atoms. The van der Waals surface area contributed by atoms with Crippen LogP contribution >= 0.6 is 0 Å². The smallest absolute Gasteiger partial charge is 0.243 e. The predicted molar refractivity (Wildman–Crippen MR) is 193 cm³/mol. The summed E-state index contributed by atoms with van der Waals surface area (Å²) in [5.41, 5.74) is 5.12. The largest absolute Gasteiger partial charge is 0.628 e. The molecule has 232 valence electrons. The zero-order valence-electron chi connectivity index (χ0n) is 27.1. The molecule has 0 fully saturated rings. The number of nitrogens with zero attached hydrogens (tertiary/aromatic N) is 3. The number of hydrogen-bond donors (Lipinski definition) is 0. The maximum Gasteiger partial charge on any atom is 0.243 e. The molecule has 47 heavy (non-hydrogen) atoms. The Morgan fingerprint density at radius 2 is 0.702 bits per heavy atom. The lowest BCUT2D eigenvalue weighted by atomic mass is 9.70. The molecule has 1 heterocycles. The normalized spacial score (nSPS) is 11.4. The summed E-state index contributed by atoms with van der Waals surface area (Å²) in [6.07, 6.45) is 6.14. The SMILES string of the molecule is CCn1cc[n+](C)c1.c1ccc(C([N-]C(c2ccccc2)(c2ccccc2)c2ccccc2)(c2ccccc2)c2ccccc2)cc1. The molecule has 7 aromatic rings. The van der Waals surface area contributed by atoms with E-state index in [1.807, 2.05) is 17.8 Å². The van der Waals surface area contributed by atoms with Crippen molar-refractivity contribution in [1.82, 2.24) is 4.57 Å². The Bertz CT molecular complexity index is 1600. The lowest BCUT2D eigenvalue weighted by Gasteiger charge is -2.60. The molecule has 1 aromatic heterocycles. The first kappa shape index (κ1) is 31.5. The van der Waals surface area contributed by atoms with Gasteiger partial charge >= 0.3 is 0 Å². The van der Waals surface area contributed by atoms with Gasteiger partial charge in [-0.05, 0) is 18.0 Å². The van der Waals surface area contributed by atoms with Crippen molar-refractivity contribution in [2.24, 2.45) is 7.05 Å². The Labute approximate surface area is 279 Å². The minimum Gasteiger partial charge on any atom is -0.628 e. The maximum atomic E-state index is 6.16. The van der Waals surface area contributed by atoms with E-state index in [1.165, 1.54) is 0 Å². The Morgan fingerprint density at radius 3 is 0.872 bits per heavy atom. The van der Waals surface area contributed by atoms with E-state index in [0.717, 1.165) is 39.9 Å². The van der Waals surface area contributed by atoms with Gasteiger partial charge in [0.1, 0.15) is 12.4 Å². The van der Waals surface area contributed by atoms with Crippen molar-refractivity contribution >= 4 is 0 Å². The average molecular weight is 612 g/mol. The Hall–Kier alpha value is -5.51. The minimum absolute atomic E-state index is 0.800. The second kappa shape index (κ2) is 14.7. The summed E-state index contributed by atoms with van der Waals surface area (Å²) >= 11 is 0. The molecule has 3 nitrogen and oxygen atoms in total. The fourth-order valence-corrected chi connectivity index (χ4v) is 6.40. The van der Waals surface area contributed by atoms with Crippen molar-refractivity contribution in [3.63, 3.8) is 0 Å². The van der Waals surface area contributed by atoms with Gasteiger partial charge in [0.25, 0.3) is 0 Å². The quantitative estimate of drug-likeness (QED) is 0.115. The maximum absolute atomic E-state index is 6.16. The second-order valence-electron chi connectivity index (χ2n) is 11.6. The van der Waals surface area contributed by atoms with Gasteiger partial charge in [0, 0.05) is 0 Å². The van der Waals surface area contributed by atoms with Crippen molar-refractivity contribution in [3.05, 3.63) is 239 Å². The molecular formula is C44H41N3. The van der Waals surface area contributed by atoms with E-state index >= 15 is 0 Å². The van der Waals surface area contributed by atoms with Gasteiger partial charge in [-0.3, -0.25) is 0 Å². The summed E-state index contributed by atoms with van der Waals surface area (Å²) in [6, 6.07) is 64.2. The average Bonchev–Trinajstić information content (AvgIpc) is 3.60. The fourth-order valence-electron chi connectivity index (χ4n) is 6.40. The molecule has 0 N–H and O–H groups in total. The van der Waals surface area contributed by atoms with Gasteiger partial charge in [-0.1, -0.05) is 215 Å². The van der Waals surface area contributed by atoms with E-state index in [0.29, 0.717) is 0 Å². The lowest BCUT2D eigenvalue weighted by molar-refractivity contribution is -0.671. The van der Waals surface area contributed by atoms with Gasteiger partial charge in [-0.25, -0.2) is 9.13 Å². The number of imidazole rings is 1. The van der Waals surface area contributed by atoms with E-state index in [1.54, 1.807) is 0 Å². The first-order chi connectivity index (χ1) is 23.2. The number of aromatic nitrogens is 2. The molecule has 7 rings (SSSR count). The van der Waals surface area contributed by atoms with E-state index in [2.05, 4.69) is 206 Å². The standard InChI is InChI=1S/C38H30N.C6H11N2/c1-7-19-31(20-8-1)37(32-21-9-2-10-22-32,33-23-11-3-12-24-33)39-38(34-25-13-4-14-26-34,35-27-15-5-16-28-35)36-29-17-6-18-30-36;1-3-8-5-4-7(2)6-8/h1-30H;4-6H,3H2,1-2H3/q-1;+1. The van der Waals surface area contributed by atoms with Gasteiger partial charge in [-0.2, -0.15) is 0 Å². The topological polar surface area (TPSA) is 22.9 Å². The van der Waals surface area contributed by atoms with E-state index in [-0.39, 0.29) is 0 Å². The van der Waals surface area contributed by atoms with Crippen LogP contribution in [0.4, 0.5) is 0 Å². The van der Waals surface area contributed by atoms with Crippen molar-refractivity contribution in [1.29, 1.82) is 0 Å². The molecule has 0 unspecified atom stereocenters. The highest BCUT2D eigenvalue weighted by molar-refractivity contribution is 5.64. The van der Waals surface area contributed by atoms with Crippen LogP contribution in [0.15, 0.2) is 201 Å². The zero-order valence-corrected chi connectivity index (χ0v) is 27.1. The van der Waals surface area contributed by atoms with E-state index in [9.17, 15) is 0 Å². The molecule has 0 aliphatic rings. The minimum atomic E-state index is -0.800. The van der Waals surface area contributed by atoms with E-state index < -0.39 is 11.1 Å². The van der Waals surface area contributed by atoms with Gasteiger partial charge < -0.3 is 5.32 Å². The lowest BCUT2D eigenvalue weighted by Crippen LogP contribution is -2.39. The van der Waals surface area contributed by atoms with Crippen LogP contribution in [-0.4, -0.2) is 4.57 Å². The zero-order chi connectivity index (χ0) is 32.4. The summed E-state index contributed by atoms with van der Waals surface area (Å²) in [4.78, 5) is 0. The summed E-state index contributed by atoms with van der Waals surface area (Å²) in [5.74, 6) is 0. The van der Waals surface area contributed by atoms with Crippen LogP contribution in [-0.2, 0) is 24.7 Å². The van der Waals surface area contributed by atoms with Crippen LogP contribution in [0.1, 0.15) is 40.3 Å². The fraction of sp³-hybridized carbons (Fsp3) is 0.114. The van der Waals surface area contributed by atoms with Crippen LogP contribution in [0.5, 0.6) is 0 Å². The molecule has 0 radical (unpaired) electrons. The van der Waals surface area contributed by atoms with Crippen molar-refractivity contribution in [3.8, 4) is 0 Å². The van der Waals surface area contributed by atoms with Gasteiger partial charge in [0.2, 0.25) is 6.33 Å². The number of rotatable bonds is 9. The van der Waals surface area contributed by atoms with Crippen LogP contribution in [0, 0.1) is 0 Å². The Morgan fingerprint density at radius 1 is 0.447 bits per heavy atom. The first-order valence-corrected chi connectivity index (χ1v) is 16.2. The highest BCUT2D eigenvalue weighted by Gasteiger charge is 2.36. The van der Waals surface area contributed by atoms with Crippen LogP contribution < -0.4 is 4.57 Å². The molecule has 0 aliphatic carbocycles. The number of benzene rings is 6. The van der Waals surface area contributed by atoms with Crippen LogP contribution in [0.2, 0.25) is 0 Å². The monoisotopic (exact) mass is 611 g/mol. The molecule has 6 aromatic carbocycles. The molecule has 0 atom stereocenters. The van der Waals surface area contributed by atoms with Crippen LogP contribution in [0.25, 0.3) is 5.32 Å². The molecular weight excluding hydrogens is 571 g/mol. The number of hydrogen-bond acceptors (Lipinski definition) is 0. The predicted octanol–water partition coefficient (Wildman–Crippen LogP) is 9.68. The summed E-state index contributed by atoms with van der Waals surface area (Å²) in [6.45, 7) is 3.18. The molecule has 0 saturated heterocycles. The highest BCUT2D eigenvalue weighted by atomic mass is 15.1. The molecule has 3 heteroatoms. The Kier molecular flexibility index (Phi) is 9.86. The van der Waals surface area contributed by atoms with Crippen molar-refractivity contribution in [2.45, 2.75) is 24.5 Å². The van der Waals surface area contributed by atoms with Gasteiger partial charge in [0.05, 0.1) is 13.6 Å². The molecule has 0 bridgehead atoms. The van der Waals surface area contributed by atoms with Crippen LogP contribution in [0.3, 0.4) is 0 Å². The van der Waals surface area contributed by atoms with Gasteiger partial charge in [-0.15, -0.1) is 0 Å². The number of aryl methyl sites for hydroxylation is 2. The van der Waals surface area contributed by atoms with Gasteiger partial charge in [0.15, 0.2) is 0 Å². The molecule has 0 amide bonds. The van der Waals surface area contributed by atoms with Crippen molar-refractivity contribution < 1.29 is 4.57 Å². The summed E-state index contributed by atoms with van der Waals surface area (Å²) in [7, 11) is 2.02. The highest BCUT2D eigenvalue weighted by Crippen LogP contribution is 2.55. The molecule has 0 aliphatic heterocycles. The second-order valence-corrected chi connectivity index (χ2v) is 11.6. The third kappa shape index (κ3) is 6.58. The summed E-state index contributed by atoms with van der Waals surface area (Å²) < 4.78 is 4.16. The third-order valence-electron chi connectivity index (χ3n) is 8.67. The Balaban J connectivity index is 0.000000424. The third-order valence-corrected chi connectivity index (χ3v) is 8.67. The first-order valence-electron chi connectivity index (χ1n) is 16.2. The molecule has 0 saturated carbocycles.